The smallest absolute Gasteiger partial charge is 0.477 e. The molecule has 0 saturated heterocycles. The Morgan fingerprint density at radius 3 is 1.91 bits per heavy atom. The van der Waals surface area contributed by atoms with Crippen LogP contribution in [0.15, 0.2) is 54.2 Å². The first-order valence-corrected chi connectivity index (χ1v) is 14.5. The Kier molecular flexibility index (Phi) is 15.3. The highest BCUT2D eigenvalue weighted by atomic mass is 19.4. The number of methoxy groups -OCH3 is 1. The highest BCUT2D eigenvalue weighted by Gasteiger charge is 2.41. The molecule has 2 aliphatic carbocycles. The SMILES string of the molecule is COCCC(=Cc1ccccc1)[C@@H]1C[C@H]1N[C@H]1CC[C@H](NCc2ccc(C(=O)O)nc2)CC1.O=C(O)C(F)(F)F.O=C(O)C(F)(F)F. The van der Waals surface area contributed by atoms with E-state index in [1.54, 1.807) is 19.4 Å². The molecule has 0 bridgehead atoms. The second-order valence-corrected chi connectivity index (χ2v) is 10.9. The summed E-state index contributed by atoms with van der Waals surface area (Å²) in [5.41, 5.74) is 3.88. The van der Waals surface area contributed by atoms with Crippen molar-refractivity contribution >= 4 is 24.0 Å². The normalized spacial score (nSPS) is 21.0. The third-order valence-corrected chi connectivity index (χ3v) is 7.31. The van der Waals surface area contributed by atoms with Crippen LogP contribution in [0.25, 0.3) is 6.08 Å². The number of aliphatic carboxylic acids is 2. The highest BCUT2D eigenvalue weighted by molar-refractivity contribution is 5.85. The third-order valence-electron chi connectivity index (χ3n) is 7.31. The molecule has 2 aromatic rings. The van der Waals surface area contributed by atoms with Gasteiger partial charge in [0.15, 0.2) is 0 Å². The number of nitrogens with zero attached hydrogens (tertiary/aromatic N) is 1. The number of benzene rings is 1. The lowest BCUT2D eigenvalue weighted by molar-refractivity contribution is -0.193. The molecular weight excluding hydrogens is 640 g/mol. The van der Waals surface area contributed by atoms with Crippen molar-refractivity contribution in [2.75, 3.05) is 13.7 Å². The second-order valence-electron chi connectivity index (χ2n) is 10.9. The van der Waals surface area contributed by atoms with Crippen molar-refractivity contribution in [3.05, 3.63) is 71.1 Å². The number of rotatable bonds is 11. The highest BCUT2D eigenvalue weighted by Crippen LogP contribution is 2.41. The molecule has 16 heteroatoms. The first-order valence-electron chi connectivity index (χ1n) is 14.5. The molecule has 260 valence electrons. The third kappa shape index (κ3) is 15.0. The monoisotopic (exact) mass is 677 g/mol. The fourth-order valence-corrected chi connectivity index (χ4v) is 4.82. The Labute approximate surface area is 266 Å². The van der Waals surface area contributed by atoms with E-state index in [-0.39, 0.29) is 5.69 Å². The van der Waals surface area contributed by atoms with E-state index in [1.165, 1.54) is 30.4 Å². The Morgan fingerprint density at radius 2 is 1.45 bits per heavy atom. The minimum atomic E-state index is -5.08. The summed E-state index contributed by atoms with van der Waals surface area (Å²) in [6.07, 6.45) is 0.746. The first-order chi connectivity index (χ1) is 22.0. The van der Waals surface area contributed by atoms with Gasteiger partial charge in [-0.05, 0) is 61.6 Å². The molecule has 2 fully saturated rings. The molecule has 1 aromatic carbocycles. The number of pyridine rings is 1. The van der Waals surface area contributed by atoms with Gasteiger partial charge < -0.3 is 30.7 Å². The summed E-state index contributed by atoms with van der Waals surface area (Å²) in [6.45, 7) is 1.50. The average Bonchev–Trinajstić information content (AvgIpc) is 3.78. The lowest BCUT2D eigenvalue weighted by Crippen LogP contribution is -2.40. The number of alkyl halides is 6. The Morgan fingerprint density at radius 1 is 0.894 bits per heavy atom. The molecule has 2 aliphatic rings. The molecule has 2 saturated carbocycles. The zero-order valence-electron chi connectivity index (χ0n) is 25.4. The van der Waals surface area contributed by atoms with Gasteiger partial charge in [-0.1, -0.05) is 48.0 Å². The lowest BCUT2D eigenvalue weighted by atomic mass is 9.91. The van der Waals surface area contributed by atoms with Crippen molar-refractivity contribution < 1.29 is 60.8 Å². The second kappa shape index (κ2) is 18.4. The zero-order chi connectivity index (χ0) is 35.2. The van der Waals surface area contributed by atoms with Crippen LogP contribution in [0.5, 0.6) is 0 Å². The number of ether oxygens (including phenoxy) is 1. The van der Waals surface area contributed by atoms with Gasteiger partial charge in [-0.3, -0.25) is 0 Å². The average molecular weight is 678 g/mol. The van der Waals surface area contributed by atoms with Crippen LogP contribution in [0.3, 0.4) is 0 Å². The molecule has 5 N–H and O–H groups in total. The molecule has 10 nitrogen and oxygen atoms in total. The number of hydrogen-bond acceptors (Lipinski definition) is 7. The molecule has 1 heterocycles. The number of aromatic nitrogens is 1. The van der Waals surface area contributed by atoms with Crippen LogP contribution in [-0.4, -0.2) is 82.4 Å². The van der Waals surface area contributed by atoms with Crippen LogP contribution in [0.2, 0.25) is 0 Å². The molecular formula is C31H37F6N3O7. The fraction of sp³-hybridized carbons (Fsp3) is 0.484. The Bertz CT molecular complexity index is 1290. The number of aromatic carboxylic acids is 1. The van der Waals surface area contributed by atoms with Gasteiger partial charge in [0.05, 0.1) is 0 Å². The van der Waals surface area contributed by atoms with Crippen molar-refractivity contribution in [3.8, 4) is 0 Å². The van der Waals surface area contributed by atoms with Crippen LogP contribution in [0.4, 0.5) is 26.3 Å². The summed E-state index contributed by atoms with van der Waals surface area (Å²) >= 11 is 0. The van der Waals surface area contributed by atoms with E-state index < -0.39 is 30.3 Å². The van der Waals surface area contributed by atoms with Gasteiger partial charge in [-0.15, -0.1) is 0 Å². The molecule has 47 heavy (non-hydrogen) atoms. The number of carboxylic acid groups (broad SMARTS) is 3. The predicted octanol–water partition coefficient (Wildman–Crippen LogP) is 5.55. The number of nitrogens with one attached hydrogen (secondary N) is 2. The number of halogens is 6. The summed E-state index contributed by atoms with van der Waals surface area (Å²) < 4.78 is 68.8. The van der Waals surface area contributed by atoms with Gasteiger partial charge in [0.2, 0.25) is 0 Å². The molecule has 0 amide bonds. The van der Waals surface area contributed by atoms with Crippen LogP contribution < -0.4 is 10.6 Å². The summed E-state index contributed by atoms with van der Waals surface area (Å²) in [5.74, 6) is -5.88. The van der Waals surface area contributed by atoms with Crippen LogP contribution in [0.1, 0.15) is 60.1 Å². The molecule has 1 aromatic heterocycles. The van der Waals surface area contributed by atoms with E-state index in [0.717, 1.165) is 38.0 Å². The maximum absolute atomic E-state index is 10.9. The summed E-state index contributed by atoms with van der Waals surface area (Å²) in [5, 5.41) is 30.7. The molecule has 4 rings (SSSR count). The van der Waals surface area contributed by atoms with Crippen LogP contribution >= 0.6 is 0 Å². The number of carboxylic acids is 3. The van der Waals surface area contributed by atoms with Crippen molar-refractivity contribution in [1.82, 2.24) is 15.6 Å². The Hall–Kier alpha value is -4.02. The van der Waals surface area contributed by atoms with Crippen LogP contribution in [-0.2, 0) is 20.9 Å². The van der Waals surface area contributed by atoms with E-state index in [9.17, 15) is 31.1 Å². The van der Waals surface area contributed by atoms with Gasteiger partial charge in [0.1, 0.15) is 5.69 Å². The maximum atomic E-state index is 10.9. The first kappa shape index (κ1) is 39.2. The zero-order valence-corrected chi connectivity index (χ0v) is 25.4. The van der Waals surface area contributed by atoms with E-state index in [0.29, 0.717) is 24.0 Å². The van der Waals surface area contributed by atoms with Crippen molar-refractivity contribution in [1.29, 1.82) is 0 Å². The van der Waals surface area contributed by atoms with E-state index >= 15 is 0 Å². The van der Waals surface area contributed by atoms with Crippen LogP contribution in [0, 0.1) is 5.92 Å². The van der Waals surface area contributed by atoms with Gasteiger partial charge in [0.25, 0.3) is 0 Å². The molecule has 0 radical (unpaired) electrons. The number of carbonyl (C=O) groups is 3. The maximum Gasteiger partial charge on any atom is 0.490 e. The molecule has 0 spiro atoms. The summed E-state index contributed by atoms with van der Waals surface area (Å²) in [4.78, 5) is 32.7. The van der Waals surface area contributed by atoms with Gasteiger partial charge >= 0.3 is 30.3 Å². The van der Waals surface area contributed by atoms with Crippen molar-refractivity contribution in [3.63, 3.8) is 0 Å². The summed E-state index contributed by atoms with van der Waals surface area (Å²) in [7, 11) is 1.77. The molecule has 0 unspecified atom stereocenters. The standard InChI is InChI=1S/C27H35N3O3.2C2HF3O2/c1-33-14-13-21(15-19-5-3-2-4-6-19)24-16-26(24)30-23-10-8-22(9-11-23)28-17-20-7-12-25(27(31)32)29-18-20;2*3-2(4,5)1(6)7/h2-7,12,15,18,22-24,26,28,30H,8-11,13-14,16-17H2,1H3,(H,31,32);2*(H,6,7)/t22-,23-,24-,26+;;/m0../s1. The quantitative estimate of drug-likeness (QED) is 0.191. The van der Waals surface area contributed by atoms with E-state index in [4.69, 9.17) is 29.6 Å². The topological polar surface area (TPSA) is 158 Å². The van der Waals surface area contributed by atoms with Gasteiger partial charge in [-0.2, -0.15) is 26.3 Å². The van der Waals surface area contributed by atoms with Gasteiger partial charge in [0, 0.05) is 44.6 Å². The lowest BCUT2D eigenvalue weighted by Gasteiger charge is -2.30. The molecule has 2 atom stereocenters. The largest absolute Gasteiger partial charge is 0.490 e. The van der Waals surface area contributed by atoms with Crippen molar-refractivity contribution in [2.45, 2.75) is 75.5 Å². The molecule has 0 aliphatic heterocycles. The van der Waals surface area contributed by atoms with Crippen molar-refractivity contribution in [2.24, 2.45) is 5.92 Å². The van der Waals surface area contributed by atoms with E-state index in [2.05, 4.69) is 52.0 Å². The minimum absolute atomic E-state index is 0.0905. The summed E-state index contributed by atoms with van der Waals surface area (Å²) in [6, 6.07) is 15.7. The minimum Gasteiger partial charge on any atom is -0.477 e. The number of hydrogen-bond donors (Lipinski definition) is 5. The Balaban J connectivity index is 0.000000459. The van der Waals surface area contributed by atoms with Gasteiger partial charge in [-0.25, -0.2) is 19.4 Å². The predicted molar refractivity (Wildman–Crippen MR) is 157 cm³/mol. The fourth-order valence-electron chi connectivity index (χ4n) is 4.82. The van der Waals surface area contributed by atoms with E-state index in [1.807, 2.05) is 6.07 Å².